The molecule has 0 spiro atoms. The number of carbonyl (C=O) groups is 2. The van der Waals surface area contributed by atoms with Gasteiger partial charge in [0.05, 0.1) is 11.3 Å². The molecule has 5 rings (SSSR count). The SMILES string of the molecule is CC1(C)OC2=C(O1)[C@@]1(C)C(=CC2=O)CC[C@@H]2[C@@H]1CC[C@]1(C)[C@H](C(=O)O)CC[C@@H]21. The number of fused-ring (bicyclic) bond motifs is 6. The molecule has 1 aliphatic heterocycles. The molecule has 1 heterocycles. The van der Waals surface area contributed by atoms with Gasteiger partial charge in [-0.05, 0) is 74.7 Å². The lowest BCUT2D eigenvalue weighted by Crippen LogP contribution is -2.52. The number of carboxylic acid groups (broad SMARTS) is 1. The van der Waals surface area contributed by atoms with Crippen LogP contribution in [0, 0.1) is 34.5 Å². The Labute approximate surface area is 166 Å². The zero-order chi connectivity index (χ0) is 20.1. The molecule has 6 atom stereocenters. The molecule has 0 aromatic heterocycles. The second-order valence-electron chi connectivity index (χ2n) is 10.4. The van der Waals surface area contributed by atoms with Crippen LogP contribution in [-0.2, 0) is 19.1 Å². The molecule has 0 radical (unpaired) electrons. The predicted molar refractivity (Wildman–Crippen MR) is 102 cm³/mol. The van der Waals surface area contributed by atoms with Gasteiger partial charge in [0, 0.05) is 13.8 Å². The van der Waals surface area contributed by atoms with Gasteiger partial charge in [0.15, 0.2) is 5.76 Å². The molecule has 0 amide bonds. The van der Waals surface area contributed by atoms with Crippen LogP contribution in [0.2, 0.25) is 0 Å². The second kappa shape index (κ2) is 5.43. The summed E-state index contributed by atoms with van der Waals surface area (Å²) < 4.78 is 12.1. The summed E-state index contributed by atoms with van der Waals surface area (Å²) in [5.41, 5.74) is 0.747. The van der Waals surface area contributed by atoms with Gasteiger partial charge < -0.3 is 14.6 Å². The van der Waals surface area contributed by atoms with E-state index in [2.05, 4.69) is 13.8 Å². The zero-order valence-corrected chi connectivity index (χ0v) is 17.2. The van der Waals surface area contributed by atoms with Crippen LogP contribution in [0.3, 0.4) is 0 Å². The number of allylic oxidation sites excluding steroid dienone is 2. The van der Waals surface area contributed by atoms with Crippen LogP contribution in [0.1, 0.15) is 66.2 Å². The topological polar surface area (TPSA) is 72.8 Å². The number of carbonyl (C=O) groups excluding carboxylic acids is 1. The first-order chi connectivity index (χ1) is 13.1. The first-order valence-electron chi connectivity index (χ1n) is 10.7. The lowest BCUT2D eigenvalue weighted by Gasteiger charge is -2.57. The fourth-order valence-corrected chi connectivity index (χ4v) is 7.50. The van der Waals surface area contributed by atoms with Crippen molar-refractivity contribution in [3.63, 3.8) is 0 Å². The van der Waals surface area contributed by atoms with Crippen molar-refractivity contribution < 1.29 is 24.2 Å². The van der Waals surface area contributed by atoms with Crippen LogP contribution in [0.5, 0.6) is 0 Å². The fourth-order valence-electron chi connectivity index (χ4n) is 7.50. The van der Waals surface area contributed by atoms with Crippen LogP contribution in [0.4, 0.5) is 0 Å². The van der Waals surface area contributed by atoms with Crippen LogP contribution < -0.4 is 0 Å². The van der Waals surface area contributed by atoms with E-state index >= 15 is 0 Å². The minimum atomic E-state index is -0.815. The molecule has 5 heteroatoms. The van der Waals surface area contributed by atoms with Crippen molar-refractivity contribution in [1.82, 2.24) is 0 Å². The number of carboxylic acids is 1. The summed E-state index contributed by atoms with van der Waals surface area (Å²) in [4.78, 5) is 24.5. The highest BCUT2D eigenvalue weighted by molar-refractivity contribution is 6.05. The third-order valence-electron chi connectivity index (χ3n) is 8.79. The van der Waals surface area contributed by atoms with Crippen molar-refractivity contribution in [2.45, 2.75) is 72.0 Å². The van der Waals surface area contributed by atoms with Crippen molar-refractivity contribution in [3.8, 4) is 0 Å². The maximum atomic E-state index is 12.7. The van der Waals surface area contributed by atoms with Gasteiger partial charge in [0.1, 0.15) is 0 Å². The van der Waals surface area contributed by atoms with E-state index in [0.717, 1.165) is 44.3 Å². The molecule has 0 bridgehead atoms. The highest BCUT2D eigenvalue weighted by atomic mass is 16.7. The summed E-state index contributed by atoms with van der Waals surface area (Å²) >= 11 is 0. The fraction of sp³-hybridized carbons (Fsp3) is 0.739. The smallest absolute Gasteiger partial charge is 0.307 e. The molecule has 5 aliphatic rings. The molecule has 3 fully saturated rings. The summed E-state index contributed by atoms with van der Waals surface area (Å²) in [6.45, 7) is 8.15. The van der Waals surface area contributed by atoms with Gasteiger partial charge >= 0.3 is 5.97 Å². The Balaban J connectivity index is 1.55. The van der Waals surface area contributed by atoms with Crippen molar-refractivity contribution in [2.24, 2.45) is 34.5 Å². The third kappa shape index (κ3) is 2.13. The quantitative estimate of drug-likeness (QED) is 0.721. The van der Waals surface area contributed by atoms with Crippen molar-refractivity contribution >= 4 is 11.8 Å². The summed E-state index contributed by atoms with van der Waals surface area (Å²) in [6, 6.07) is 0. The first kappa shape index (κ1) is 18.3. The van der Waals surface area contributed by atoms with Crippen LogP contribution in [-0.4, -0.2) is 22.6 Å². The molecular weight excluding hydrogens is 356 g/mol. The van der Waals surface area contributed by atoms with Crippen molar-refractivity contribution in [3.05, 3.63) is 23.2 Å². The molecule has 28 heavy (non-hydrogen) atoms. The highest BCUT2D eigenvalue weighted by Gasteiger charge is 2.63. The molecule has 0 aromatic carbocycles. The van der Waals surface area contributed by atoms with E-state index in [4.69, 9.17) is 9.47 Å². The van der Waals surface area contributed by atoms with E-state index in [0.29, 0.717) is 23.5 Å². The van der Waals surface area contributed by atoms with E-state index in [1.54, 1.807) is 6.08 Å². The van der Waals surface area contributed by atoms with Gasteiger partial charge in [0.2, 0.25) is 17.3 Å². The minimum absolute atomic E-state index is 0.0704. The Morgan fingerprint density at radius 2 is 1.82 bits per heavy atom. The lowest BCUT2D eigenvalue weighted by atomic mass is 9.47. The largest absolute Gasteiger partial charge is 0.481 e. The predicted octanol–water partition coefficient (Wildman–Crippen LogP) is 4.43. The molecular formula is C23H30O5. The highest BCUT2D eigenvalue weighted by Crippen LogP contribution is 2.68. The Morgan fingerprint density at radius 3 is 2.54 bits per heavy atom. The minimum Gasteiger partial charge on any atom is -0.481 e. The second-order valence-corrected chi connectivity index (χ2v) is 10.4. The monoisotopic (exact) mass is 386 g/mol. The normalized spacial score (nSPS) is 45.9. The van der Waals surface area contributed by atoms with Crippen molar-refractivity contribution in [1.29, 1.82) is 0 Å². The first-order valence-corrected chi connectivity index (χ1v) is 10.7. The third-order valence-corrected chi connectivity index (χ3v) is 8.79. The number of ketones is 1. The molecule has 152 valence electrons. The van der Waals surface area contributed by atoms with Crippen LogP contribution in [0.25, 0.3) is 0 Å². The molecule has 3 saturated carbocycles. The number of hydrogen-bond acceptors (Lipinski definition) is 4. The van der Waals surface area contributed by atoms with Gasteiger partial charge in [-0.25, -0.2) is 0 Å². The maximum Gasteiger partial charge on any atom is 0.307 e. The van der Waals surface area contributed by atoms with Gasteiger partial charge in [-0.3, -0.25) is 9.59 Å². The molecule has 0 unspecified atom stereocenters. The number of rotatable bonds is 1. The standard InChI is InChI=1S/C23H30O5/c1-21(2)27-18-17(24)11-12-5-6-13-14-7-8-16(20(25)26)22(14,3)10-9-15(13)23(12,4)19(18)28-21/h11,13-16H,5-10H2,1-4H3,(H,25,26)/t13-,14-,15-,16-,22-,23-/m0/s1. The molecule has 0 aromatic rings. The van der Waals surface area contributed by atoms with Gasteiger partial charge in [-0.1, -0.05) is 12.5 Å². The lowest BCUT2D eigenvalue weighted by molar-refractivity contribution is -0.151. The summed E-state index contributed by atoms with van der Waals surface area (Å²) in [7, 11) is 0. The summed E-state index contributed by atoms with van der Waals surface area (Å²) in [5.74, 6) is 0.649. The van der Waals surface area contributed by atoms with Gasteiger partial charge in [-0.15, -0.1) is 0 Å². The number of hydrogen-bond donors (Lipinski definition) is 1. The Kier molecular flexibility index (Phi) is 3.54. The number of ether oxygens (including phenoxy) is 2. The maximum absolute atomic E-state index is 12.7. The van der Waals surface area contributed by atoms with E-state index < -0.39 is 11.8 Å². The van der Waals surface area contributed by atoms with Gasteiger partial charge in [0.25, 0.3) is 0 Å². The van der Waals surface area contributed by atoms with E-state index in [1.165, 1.54) is 5.57 Å². The average molecular weight is 386 g/mol. The Hall–Kier alpha value is -1.78. The molecule has 1 N–H and O–H groups in total. The summed E-state index contributed by atoms with van der Waals surface area (Å²) in [5, 5.41) is 9.77. The molecule has 5 nitrogen and oxygen atoms in total. The molecule has 4 aliphatic carbocycles. The Bertz CT molecular complexity index is 836. The molecule has 0 saturated heterocycles. The zero-order valence-electron chi connectivity index (χ0n) is 17.2. The number of aliphatic carboxylic acids is 1. The summed E-state index contributed by atoms with van der Waals surface area (Å²) in [6.07, 6.45) is 7.41. The van der Waals surface area contributed by atoms with E-state index in [-0.39, 0.29) is 22.5 Å². The van der Waals surface area contributed by atoms with E-state index in [1.807, 2.05) is 13.8 Å². The average Bonchev–Trinajstić information content (AvgIpc) is 3.13. The van der Waals surface area contributed by atoms with E-state index in [9.17, 15) is 14.7 Å². The van der Waals surface area contributed by atoms with Gasteiger partial charge in [-0.2, -0.15) is 0 Å². The van der Waals surface area contributed by atoms with Crippen molar-refractivity contribution in [2.75, 3.05) is 0 Å². The Morgan fingerprint density at radius 1 is 1.07 bits per heavy atom. The van der Waals surface area contributed by atoms with Crippen LogP contribution >= 0.6 is 0 Å². The van der Waals surface area contributed by atoms with Crippen LogP contribution in [0.15, 0.2) is 23.2 Å².